The molecule has 0 radical (unpaired) electrons. The van der Waals surface area contributed by atoms with Crippen LogP contribution < -0.4 is 10.6 Å². The van der Waals surface area contributed by atoms with Crippen LogP contribution in [0.1, 0.15) is 31.1 Å². The van der Waals surface area contributed by atoms with E-state index in [1.165, 1.54) is 19.1 Å². The van der Waals surface area contributed by atoms with Gasteiger partial charge < -0.3 is 25.2 Å². The Morgan fingerprint density at radius 1 is 1.12 bits per heavy atom. The lowest BCUT2D eigenvalue weighted by Gasteiger charge is -2.14. The Labute approximate surface area is 146 Å². The van der Waals surface area contributed by atoms with Crippen LogP contribution in [-0.2, 0) is 19.1 Å². The number of hydrogen-bond donors (Lipinski definition) is 3. The molecule has 2 amide bonds. The minimum absolute atomic E-state index is 0.298. The van der Waals surface area contributed by atoms with Gasteiger partial charge in [-0.05, 0) is 45.0 Å². The molecule has 3 N–H and O–H groups in total. The van der Waals surface area contributed by atoms with Gasteiger partial charge in [0.1, 0.15) is 12.1 Å². The fraction of sp³-hybridized carbons (Fsp3) is 0.471. The third kappa shape index (κ3) is 7.32. The molecule has 0 aliphatic carbocycles. The van der Waals surface area contributed by atoms with Crippen LogP contribution in [0.2, 0.25) is 0 Å². The number of carboxylic acids is 1. The fourth-order valence-electron chi connectivity index (χ4n) is 1.79. The molecule has 8 heteroatoms. The summed E-state index contributed by atoms with van der Waals surface area (Å²) in [5, 5.41) is 13.8. The van der Waals surface area contributed by atoms with Crippen molar-refractivity contribution in [2.24, 2.45) is 0 Å². The summed E-state index contributed by atoms with van der Waals surface area (Å²) in [6.07, 6.45) is -0.639. The molecule has 8 nitrogen and oxygen atoms in total. The molecule has 0 saturated heterocycles. The third-order valence-electron chi connectivity index (χ3n) is 3.30. The maximum absolute atomic E-state index is 12.0. The van der Waals surface area contributed by atoms with E-state index >= 15 is 0 Å². The summed E-state index contributed by atoms with van der Waals surface area (Å²) < 4.78 is 10.5. The zero-order valence-electron chi connectivity index (χ0n) is 14.6. The molecule has 0 aromatic heterocycles. The van der Waals surface area contributed by atoms with Crippen molar-refractivity contribution in [2.75, 3.05) is 25.1 Å². The molecule has 1 aromatic rings. The van der Waals surface area contributed by atoms with Gasteiger partial charge in [-0.25, -0.2) is 0 Å². The fourth-order valence-corrected chi connectivity index (χ4v) is 1.79. The van der Waals surface area contributed by atoms with Crippen molar-refractivity contribution in [1.29, 1.82) is 0 Å². The predicted molar refractivity (Wildman–Crippen MR) is 91.5 cm³/mol. The van der Waals surface area contributed by atoms with Crippen LogP contribution >= 0.6 is 0 Å². The number of hydrogen-bond acceptors (Lipinski definition) is 5. The SMILES string of the molecule is CCOCCOC(C)C(=O)Nc1ccc(C(=O)NC(C)C(=O)O)cc1. The molecule has 0 aliphatic heterocycles. The normalized spacial score (nSPS) is 12.9. The Hall–Kier alpha value is -2.45. The van der Waals surface area contributed by atoms with Crippen LogP contribution in [0.3, 0.4) is 0 Å². The summed E-state index contributed by atoms with van der Waals surface area (Å²) in [6, 6.07) is 5.14. The van der Waals surface area contributed by atoms with E-state index in [-0.39, 0.29) is 5.91 Å². The molecule has 0 fully saturated rings. The highest BCUT2D eigenvalue weighted by atomic mass is 16.5. The number of benzene rings is 1. The van der Waals surface area contributed by atoms with Crippen molar-refractivity contribution in [3.05, 3.63) is 29.8 Å². The van der Waals surface area contributed by atoms with Gasteiger partial charge in [-0.3, -0.25) is 14.4 Å². The van der Waals surface area contributed by atoms with Crippen LogP contribution in [0.4, 0.5) is 5.69 Å². The Bertz CT molecular complexity index is 587. The molecule has 0 spiro atoms. The van der Waals surface area contributed by atoms with Crippen molar-refractivity contribution in [3.8, 4) is 0 Å². The molecule has 2 atom stereocenters. The number of carbonyl (C=O) groups is 3. The maximum atomic E-state index is 12.0. The molecule has 1 rings (SSSR count). The molecule has 25 heavy (non-hydrogen) atoms. The van der Waals surface area contributed by atoms with Gasteiger partial charge in [-0.15, -0.1) is 0 Å². The molecule has 0 bridgehead atoms. The summed E-state index contributed by atoms with van der Waals surface area (Å²) in [5.41, 5.74) is 0.806. The second-order valence-electron chi connectivity index (χ2n) is 5.31. The molecular weight excluding hydrogens is 328 g/mol. The lowest BCUT2D eigenvalue weighted by Crippen LogP contribution is -2.38. The number of ether oxygens (including phenoxy) is 2. The van der Waals surface area contributed by atoms with E-state index < -0.39 is 24.0 Å². The zero-order valence-corrected chi connectivity index (χ0v) is 14.6. The maximum Gasteiger partial charge on any atom is 0.325 e. The molecule has 1 aromatic carbocycles. The number of nitrogens with one attached hydrogen (secondary N) is 2. The Morgan fingerprint density at radius 2 is 1.76 bits per heavy atom. The number of carbonyl (C=O) groups excluding carboxylic acids is 2. The highest BCUT2D eigenvalue weighted by Crippen LogP contribution is 2.11. The lowest BCUT2D eigenvalue weighted by atomic mass is 10.1. The van der Waals surface area contributed by atoms with E-state index in [4.69, 9.17) is 14.6 Å². The van der Waals surface area contributed by atoms with Crippen molar-refractivity contribution in [2.45, 2.75) is 32.9 Å². The van der Waals surface area contributed by atoms with Gasteiger partial charge >= 0.3 is 5.97 Å². The van der Waals surface area contributed by atoms with Gasteiger partial charge in [0.05, 0.1) is 13.2 Å². The highest BCUT2D eigenvalue weighted by molar-refractivity contribution is 5.98. The monoisotopic (exact) mass is 352 g/mol. The first-order valence-electron chi connectivity index (χ1n) is 7.99. The third-order valence-corrected chi connectivity index (χ3v) is 3.30. The second-order valence-corrected chi connectivity index (χ2v) is 5.31. The summed E-state index contributed by atoms with van der Waals surface area (Å²) in [6.45, 7) is 6.23. The Kier molecular flexibility index (Phi) is 8.59. The molecular formula is C17H24N2O6. The quantitative estimate of drug-likeness (QED) is 0.547. The van der Waals surface area contributed by atoms with E-state index in [2.05, 4.69) is 10.6 Å². The van der Waals surface area contributed by atoms with Crippen LogP contribution in [0.5, 0.6) is 0 Å². The van der Waals surface area contributed by atoms with Crippen LogP contribution in [-0.4, -0.2) is 54.9 Å². The molecule has 0 heterocycles. The molecule has 0 saturated carbocycles. The molecule has 2 unspecified atom stereocenters. The number of carboxylic acid groups (broad SMARTS) is 1. The van der Waals surface area contributed by atoms with Crippen LogP contribution in [0.25, 0.3) is 0 Å². The standard InChI is InChI=1S/C17H24N2O6/c1-4-24-9-10-25-12(3)15(20)19-14-7-5-13(6-8-14)16(21)18-11(2)17(22)23/h5-8,11-12H,4,9-10H2,1-3H3,(H,18,21)(H,19,20)(H,22,23). The number of rotatable bonds is 10. The van der Waals surface area contributed by atoms with Crippen molar-refractivity contribution >= 4 is 23.5 Å². The second kappa shape index (κ2) is 10.4. The van der Waals surface area contributed by atoms with Crippen LogP contribution in [0, 0.1) is 0 Å². The average molecular weight is 352 g/mol. The van der Waals surface area contributed by atoms with Gasteiger partial charge in [0.25, 0.3) is 11.8 Å². The van der Waals surface area contributed by atoms with Gasteiger partial charge in [-0.2, -0.15) is 0 Å². The summed E-state index contributed by atoms with van der Waals surface area (Å²) in [5.74, 6) is -1.93. The zero-order chi connectivity index (χ0) is 18.8. The Balaban J connectivity index is 2.51. The first kappa shape index (κ1) is 20.6. The van der Waals surface area contributed by atoms with Gasteiger partial charge in [0, 0.05) is 17.9 Å². The average Bonchev–Trinajstić information content (AvgIpc) is 2.58. The largest absolute Gasteiger partial charge is 0.480 e. The number of aliphatic carboxylic acids is 1. The first-order valence-corrected chi connectivity index (χ1v) is 7.99. The van der Waals surface area contributed by atoms with Crippen LogP contribution in [0.15, 0.2) is 24.3 Å². The highest BCUT2D eigenvalue weighted by Gasteiger charge is 2.16. The predicted octanol–water partition coefficient (Wildman–Crippen LogP) is 1.27. The smallest absolute Gasteiger partial charge is 0.325 e. The van der Waals surface area contributed by atoms with E-state index in [0.717, 1.165) is 0 Å². The first-order chi connectivity index (χ1) is 11.8. The van der Waals surface area contributed by atoms with E-state index in [1.807, 2.05) is 6.92 Å². The van der Waals surface area contributed by atoms with E-state index in [1.54, 1.807) is 19.1 Å². The number of anilines is 1. The van der Waals surface area contributed by atoms with E-state index in [0.29, 0.717) is 31.1 Å². The lowest BCUT2D eigenvalue weighted by molar-refractivity contribution is -0.138. The molecule has 138 valence electrons. The van der Waals surface area contributed by atoms with Gasteiger partial charge in [0.2, 0.25) is 0 Å². The topological polar surface area (TPSA) is 114 Å². The minimum atomic E-state index is -1.12. The van der Waals surface area contributed by atoms with Gasteiger partial charge in [0.15, 0.2) is 0 Å². The summed E-state index contributed by atoms with van der Waals surface area (Å²) in [7, 11) is 0. The summed E-state index contributed by atoms with van der Waals surface area (Å²) >= 11 is 0. The Morgan fingerprint density at radius 3 is 2.32 bits per heavy atom. The van der Waals surface area contributed by atoms with Crippen molar-refractivity contribution in [3.63, 3.8) is 0 Å². The minimum Gasteiger partial charge on any atom is -0.480 e. The molecule has 0 aliphatic rings. The number of amides is 2. The van der Waals surface area contributed by atoms with E-state index in [9.17, 15) is 14.4 Å². The van der Waals surface area contributed by atoms with Crippen molar-refractivity contribution in [1.82, 2.24) is 5.32 Å². The van der Waals surface area contributed by atoms with Crippen molar-refractivity contribution < 1.29 is 29.0 Å². The summed E-state index contributed by atoms with van der Waals surface area (Å²) in [4.78, 5) is 34.6. The van der Waals surface area contributed by atoms with Gasteiger partial charge in [-0.1, -0.05) is 0 Å².